The summed E-state index contributed by atoms with van der Waals surface area (Å²) in [5.41, 5.74) is 9.81. The van der Waals surface area contributed by atoms with Crippen molar-refractivity contribution in [2.75, 3.05) is 4.90 Å². The third kappa shape index (κ3) is 4.75. The summed E-state index contributed by atoms with van der Waals surface area (Å²) < 4.78 is 4.74. The van der Waals surface area contributed by atoms with E-state index in [2.05, 4.69) is 198 Å². The van der Waals surface area contributed by atoms with Crippen molar-refractivity contribution in [1.29, 1.82) is 0 Å². The molecule has 13 rings (SSSR count). The Morgan fingerprint density at radius 1 is 0.424 bits per heavy atom. The number of nitrogens with zero attached hydrogens (tertiary/aromatic N) is 5. The van der Waals surface area contributed by atoms with Crippen LogP contribution in [0.25, 0.3) is 103 Å². The molecular weight excluding hydrogens is 739 g/mol. The zero-order valence-electron chi connectivity index (χ0n) is 31.5. The van der Waals surface area contributed by atoms with Gasteiger partial charge in [-0.2, -0.15) is 9.97 Å². The van der Waals surface area contributed by atoms with Gasteiger partial charge in [-0.1, -0.05) is 127 Å². The van der Waals surface area contributed by atoms with E-state index < -0.39 is 0 Å². The Hall–Kier alpha value is -7.67. The molecule has 0 saturated heterocycles. The third-order valence-electron chi connectivity index (χ3n) is 12.0. The SMILES string of the molecule is c1ccc(-n2c3ccccc3c3cc(-c4nc(-c5cccc6c5sc5ccccc56)nc(N5c6ccc7ccccc7c6-c6cccc7cccc5c67)n4)ccc32)cc1. The minimum absolute atomic E-state index is 0.577. The molecule has 0 spiro atoms. The summed E-state index contributed by atoms with van der Waals surface area (Å²) in [5.74, 6) is 1.84. The first kappa shape index (κ1) is 32.4. The Kier molecular flexibility index (Phi) is 6.82. The molecule has 0 atom stereocenters. The van der Waals surface area contributed by atoms with Crippen LogP contribution in [0.4, 0.5) is 17.3 Å². The highest BCUT2D eigenvalue weighted by Gasteiger charge is 2.30. The quantitative estimate of drug-likeness (QED) is 0.179. The first-order valence-corrected chi connectivity index (χ1v) is 20.7. The molecule has 0 bridgehead atoms. The molecule has 3 aromatic heterocycles. The fourth-order valence-electron chi connectivity index (χ4n) is 9.40. The van der Waals surface area contributed by atoms with Crippen molar-refractivity contribution in [2.24, 2.45) is 0 Å². The van der Waals surface area contributed by atoms with Crippen LogP contribution in [0.15, 0.2) is 188 Å². The van der Waals surface area contributed by atoms with Crippen LogP contribution in [0.3, 0.4) is 0 Å². The van der Waals surface area contributed by atoms with Crippen molar-refractivity contribution in [2.45, 2.75) is 0 Å². The van der Waals surface area contributed by atoms with Crippen LogP contribution in [0.1, 0.15) is 0 Å². The highest BCUT2D eigenvalue weighted by Crippen LogP contribution is 2.53. The summed E-state index contributed by atoms with van der Waals surface area (Å²) in [7, 11) is 0. The molecule has 0 amide bonds. The average Bonchev–Trinajstić information content (AvgIpc) is 3.85. The van der Waals surface area contributed by atoms with Crippen molar-refractivity contribution in [1.82, 2.24) is 19.5 Å². The predicted octanol–water partition coefficient (Wildman–Crippen LogP) is 14.4. The van der Waals surface area contributed by atoms with E-state index in [4.69, 9.17) is 15.0 Å². The van der Waals surface area contributed by atoms with Gasteiger partial charge in [0.25, 0.3) is 0 Å². The van der Waals surface area contributed by atoms with Crippen molar-refractivity contribution in [3.63, 3.8) is 0 Å². The van der Waals surface area contributed by atoms with Gasteiger partial charge < -0.3 is 4.57 Å². The molecule has 0 saturated carbocycles. The van der Waals surface area contributed by atoms with Crippen LogP contribution < -0.4 is 4.90 Å². The van der Waals surface area contributed by atoms with Gasteiger partial charge in [0, 0.05) is 58.7 Å². The maximum atomic E-state index is 5.47. The summed E-state index contributed by atoms with van der Waals surface area (Å²) >= 11 is 1.79. The van der Waals surface area contributed by atoms with Crippen molar-refractivity contribution < 1.29 is 0 Å². The lowest BCUT2D eigenvalue weighted by molar-refractivity contribution is 1.03. The van der Waals surface area contributed by atoms with E-state index in [1.165, 1.54) is 53.5 Å². The molecule has 0 aliphatic carbocycles. The molecule has 0 unspecified atom stereocenters. The van der Waals surface area contributed by atoms with Crippen LogP contribution in [-0.4, -0.2) is 19.5 Å². The van der Waals surface area contributed by atoms with E-state index in [1.54, 1.807) is 11.3 Å². The fraction of sp³-hybridized carbons (Fsp3) is 0. The van der Waals surface area contributed by atoms with Crippen LogP contribution in [-0.2, 0) is 0 Å². The first-order valence-electron chi connectivity index (χ1n) is 19.9. The van der Waals surface area contributed by atoms with Gasteiger partial charge >= 0.3 is 0 Å². The molecule has 5 nitrogen and oxygen atoms in total. The molecule has 4 heterocycles. The lowest BCUT2D eigenvalue weighted by atomic mass is 9.88. The number of hydrogen-bond donors (Lipinski definition) is 0. The lowest BCUT2D eigenvalue weighted by Crippen LogP contribution is -2.19. The maximum Gasteiger partial charge on any atom is 0.238 e. The number of para-hydroxylation sites is 2. The first-order chi connectivity index (χ1) is 29.3. The van der Waals surface area contributed by atoms with E-state index >= 15 is 0 Å². The number of thiophene rings is 1. The lowest BCUT2D eigenvalue weighted by Gasteiger charge is -2.32. The van der Waals surface area contributed by atoms with Gasteiger partial charge in [0.2, 0.25) is 5.95 Å². The number of hydrogen-bond acceptors (Lipinski definition) is 5. The van der Waals surface area contributed by atoms with E-state index in [9.17, 15) is 0 Å². The van der Waals surface area contributed by atoms with Crippen LogP contribution in [0.2, 0.25) is 0 Å². The smallest absolute Gasteiger partial charge is 0.238 e. The Balaban J connectivity index is 1.11. The van der Waals surface area contributed by atoms with Gasteiger partial charge in [-0.3, -0.25) is 4.90 Å². The highest BCUT2D eigenvalue weighted by atomic mass is 32.1. The van der Waals surface area contributed by atoms with Gasteiger partial charge in [-0.05, 0) is 82.4 Å². The number of anilines is 3. The normalized spacial score (nSPS) is 12.4. The summed E-state index contributed by atoms with van der Waals surface area (Å²) in [4.78, 5) is 18.6. The average molecular weight is 770 g/mol. The molecular formula is C53H31N5S. The Morgan fingerprint density at radius 3 is 2.03 bits per heavy atom. The molecule has 274 valence electrons. The molecule has 9 aromatic carbocycles. The summed E-state index contributed by atoms with van der Waals surface area (Å²) in [6, 6.07) is 67.2. The number of aromatic nitrogens is 4. The molecule has 0 fully saturated rings. The zero-order valence-corrected chi connectivity index (χ0v) is 32.4. The predicted molar refractivity (Wildman–Crippen MR) is 247 cm³/mol. The van der Waals surface area contributed by atoms with Gasteiger partial charge in [0.05, 0.1) is 22.4 Å². The molecule has 1 aliphatic rings. The zero-order chi connectivity index (χ0) is 38.6. The molecule has 0 radical (unpaired) electrons. The standard InChI is InChI=1S/C53H31N5S/c1-2-16-35(17-3-1)57-43-24-8-6-19-37(43)42-31-34(28-29-44(42)57)51-54-52(41-23-12-21-39-38-20-7-9-26-47(38)59-50(39)41)56-53(55-51)58-45-25-11-15-33-14-10-22-40(48(33)45)49-36-18-5-4-13-32(36)27-30-46(49)58/h1-31H. The van der Waals surface area contributed by atoms with E-state index in [-0.39, 0.29) is 0 Å². The van der Waals surface area contributed by atoms with Crippen LogP contribution in [0.5, 0.6) is 0 Å². The number of fused-ring (bicyclic) bond motifs is 10. The monoisotopic (exact) mass is 769 g/mol. The van der Waals surface area contributed by atoms with Gasteiger partial charge in [-0.25, -0.2) is 4.98 Å². The van der Waals surface area contributed by atoms with Crippen LogP contribution >= 0.6 is 11.3 Å². The largest absolute Gasteiger partial charge is 0.309 e. The fourth-order valence-corrected chi connectivity index (χ4v) is 10.6. The number of benzene rings is 9. The second kappa shape index (κ2) is 12.4. The van der Waals surface area contributed by atoms with Crippen molar-refractivity contribution in [3.8, 4) is 39.6 Å². The van der Waals surface area contributed by atoms with E-state index in [0.29, 0.717) is 17.6 Å². The second-order valence-corrected chi connectivity index (χ2v) is 16.2. The summed E-state index contributed by atoms with van der Waals surface area (Å²) in [6.07, 6.45) is 0. The maximum absolute atomic E-state index is 5.47. The summed E-state index contributed by atoms with van der Waals surface area (Å²) in [6.45, 7) is 0. The Labute approximate surface area is 342 Å². The molecule has 6 heteroatoms. The topological polar surface area (TPSA) is 46.8 Å². The minimum atomic E-state index is 0.577. The number of rotatable bonds is 4. The Bertz CT molecular complexity index is 3690. The van der Waals surface area contributed by atoms with Crippen molar-refractivity contribution >= 4 is 92.2 Å². The molecule has 12 aromatic rings. The van der Waals surface area contributed by atoms with Crippen molar-refractivity contribution in [3.05, 3.63) is 188 Å². The van der Waals surface area contributed by atoms with Gasteiger partial charge in [-0.15, -0.1) is 11.3 Å². The van der Waals surface area contributed by atoms with E-state index in [1.807, 2.05) is 0 Å². The van der Waals surface area contributed by atoms with E-state index in [0.717, 1.165) is 49.3 Å². The van der Waals surface area contributed by atoms with Gasteiger partial charge in [0.15, 0.2) is 11.6 Å². The molecule has 1 aliphatic heterocycles. The Morgan fingerprint density at radius 2 is 1.12 bits per heavy atom. The minimum Gasteiger partial charge on any atom is -0.309 e. The van der Waals surface area contributed by atoms with Gasteiger partial charge in [0.1, 0.15) is 0 Å². The second-order valence-electron chi connectivity index (χ2n) is 15.2. The molecule has 0 N–H and O–H groups in total. The van der Waals surface area contributed by atoms with Crippen LogP contribution in [0, 0.1) is 0 Å². The molecule has 59 heavy (non-hydrogen) atoms. The summed E-state index contributed by atoms with van der Waals surface area (Å²) in [5, 5.41) is 9.52. The third-order valence-corrected chi connectivity index (χ3v) is 13.2. The highest BCUT2D eigenvalue weighted by molar-refractivity contribution is 7.26.